The second-order valence-electron chi connectivity index (χ2n) is 4.83. The molecule has 0 unspecified atom stereocenters. The van der Waals surface area contributed by atoms with Crippen molar-refractivity contribution in [2.75, 3.05) is 0 Å². The van der Waals surface area contributed by atoms with Crippen LogP contribution in [0.25, 0.3) is 5.76 Å². The number of hydrogen-bond donors (Lipinski definition) is 0. The minimum Gasteiger partial charge on any atom is -0.421 e. The quantitative estimate of drug-likeness (QED) is 0.641. The van der Waals surface area contributed by atoms with Gasteiger partial charge in [-0.3, -0.25) is 0 Å². The van der Waals surface area contributed by atoms with Crippen LogP contribution in [0.2, 0.25) is 0 Å². The fourth-order valence-corrected chi connectivity index (χ4v) is 1.71. The van der Waals surface area contributed by atoms with Crippen LogP contribution in [0.15, 0.2) is 29.3 Å². The van der Waals surface area contributed by atoms with E-state index in [9.17, 15) is 4.79 Å². The molecule has 0 bridgehead atoms. The van der Waals surface area contributed by atoms with Gasteiger partial charge >= 0.3 is 5.97 Å². The Labute approximate surface area is 99.9 Å². The molecule has 0 aliphatic carbocycles. The number of cyclic esters (lactones) is 1. The second-order valence-corrected chi connectivity index (χ2v) is 5.21. The number of carbonyl (C=O) groups is 1. The highest BCUT2D eigenvalue weighted by Gasteiger charge is 2.31. The largest absolute Gasteiger partial charge is 0.421 e. The molecule has 0 saturated heterocycles. The molecule has 0 saturated carbocycles. The van der Waals surface area contributed by atoms with Crippen LogP contribution in [0.5, 0.6) is 0 Å². The molecule has 0 spiro atoms. The molecule has 1 heterocycles. The van der Waals surface area contributed by atoms with Crippen LogP contribution in [0.1, 0.15) is 36.7 Å². The molecule has 16 heavy (non-hydrogen) atoms. The number of benzene rings is 1. The molecule has 0 N–H and O–H groups in total. The van der Waals surface area contributed by atoms with E-state index in [2.05, 4.69) is 0 Å². The van der Waals surface area contributed by atoms with Gasteiger partial charge in [0.2, 0.25) is 0 Å². The van der Waals surface area contributed by atoms with Crippen molar-refractivity contribution in [1.29, 1.82) is 0 Å². The van der Waals surface area contributed by atoms with Gasteiger partial charge in [0.15, 0.2) is 5.76 Å². The van der Waals surface area contributed by atoms with Gasteiger partial charge in [0.1, 0.15) is 0 Å². The normalized spacial score (nSPS) is 18.1. The average molecular weight is 237 g/mol. The third-order valence-electron chi connectivity index (χ3n) is 2.44. The number of rotatable bonds is 0. The standard InChI is InChI=1S/C13H13ClO2/c1-13(2,3)11(14)10-8-6-4-5-7-9(8)12(15)16-10/h4-7H,1-3H3/b11-10+. The predicted octanol–water partition coefficient (Wildman–Crippen LogP) is 3.81. The first-order chi connectivity index (χ1) is 7.41. The number of ether oxygens (including phenoxy) is 1. The molecule has 84 valence electrons. The minimum absolute atomic E-state index is 0.228. The average Bonchev–Trinajstić information content (AvgIpc) is 2.55. The Balaban J connectivity index is 2.61. The summed E-state index contributed by atoms with van der Waals surface area (Å²) in [5.41, 5.74) is 1.14. The molecule has 1 aromatic rings. The molecule has 0 atom stereocenters. The van der Waals surface area contributed by atoms with Gasteiger partial charge in [0, 0.05) is 11.0 Å². The van der Waals surface area contributed by atoms with E-state index in [-0.39, 0.29) is 11.4 Å². The number of carbonyl (C=O) groups excluding carboxylic acids is 1. The van der Waals surface area contributed by atoms with Crippen molar-refractivity contribution in [2.24, 2.45) is 5.41 Å². The van der Waals surface area contributed by atoms with Gasteiger partial charge < -0.3 is 4.74 Å². The SMILES string of the molecule is CC(C)(C)/C(Cl)=C1\OC(=O)c2ccccc21. The molecule has 0 aromatic heterocycles. The summed E-state index contributed by atoms with van der Waals surface area (Å²) < 4.78 is 5.23. The number of fused-ring (bicyclic) bond motifs is 1. The lowest BCUT2D eigenvalue weighted by Gasteiger charge is -2.18. The van der Waals surface area contributed by atoms with Gasteiger partial charge in [0.25, 0.3) is 0 Å². The molecular weight excluding hydrogens is 224 g/mol. The van der Waals surface area contributed by atoms with Crippen LogP contribution >= 0.6 is 11.6 Å². The van der Waals surface area contributed by atoms with E-state index in [1.165, 1.54) is 0 Å². The minimum atomic E-state index is -0.326. The summed E-state index contributed by atoms with van der Waals surface area (Å²) in [4.78, 5) is 11.6. The predicted molar refractivity (Wildman–Crippen MR) is 64.1 cm³/mol. The number of hydrogen-bond acceptors (Lipinski definition) is 2. The second kappa shape index (κ2) is 3.63. The monoisotopic (exact) mass is 236 g/mol. The highest BCUT2D eigenvalue weighted by atomic mass is 35.5. The maximum atomic E-state index is 11.6. The molecule has 1 aromatic carbocycles. The first-order valence-electron chi connectivity index (χ1n) is 5.13. The van der Waals surface area contributed by atoms with Crippen LogP contribution < -0.4 is 0 Å². The van der Waals surface area contributed by atoms with E-state index < -0.39 is 0 Å². The summed E-state index contributed by atoms with van der Waals surface area (Å²) in [5.74, 6) is 0.169. The zero-order valence-electron chi connectivity index (χ0n) is 9.50. The Morgan fingerprint density at radius 2 is 1.75 bits per heavy atom. The smallest absolute Gasteiger partial charge is 0.344 e. The highest BCUT2D eigenvalue weighted by molar-refractivity contribution is 6.33. The third kappa shape index (κ3) is 1.74. The van der Waals surface area contributed by atoms with Gasteiger partial charge in [-0.05, 0) is 6.07 Å². The maximum absolute atomic E-state index is 11.6. The van der Waals surface area contributed by atoms with Crippen molar-refractivity contribution in [1.82, 2.24) is 0 Å². The third-order valence-corrected chi connectivity index (χ3v) is 3.18. The van der Waals surface area contributed by atoms with E-state index in [0.29, 0.717) is 16.4 Å². The first-order valence-corrected chi connectivity index (χ1v) is 5.51. The van der Waals surface area contributed by atoms with Crippen molar-refractivity contribution in [3.63, 3.8) is 0 Å². The van der Waals surface area contributed by atoms with Crippen LogP contribution in [0.3, 0.4) is 0 Å². The summed E-state index contributed by atoms with van der Waals surface area (Å²) in [6.07, 6.45) is 0. The van der Waals surface area contributed by atoms with E-state index in [0.717, 1.165) is 5.56 Å². The molecule has 0 fully saturated rings. The van der Waals surface area contributed by atoms with Gasteiger partial charge in [-0.1, -0.05) is 50.6 Å². The first kappa shape index (κ1) is 11.2. The molecule has 2 rings (SSSR count). The Morgan fingerprint density at radius 3 is 2.31 bits per heavy atom. The van der Waals surface area contributed by atoms with Crippen molar-refractivity contribution in [3.8, 4) is 0 Å². The molecule has 2 nitrogen and oxygen atoms in total. The molecule has 1 aliphatic heterocycles. The van der Waals surface area contributed by atoms with Gasteiger partial charge in [0.05, 0.1) is 10.6 Å². The Bertz CT molecular complexity index is 481. The number of allylic oxidation sites excluding steroid dienone is 1. The molecule has 1 aliphatic rings. The van der Waals surface area contributed by atoms with Gasteiger partial charge in [-0.2, -0.15) is 0 Å². The number of halogens is 1. The summed E-state index contributed by atoms with van der Waals surface area (Å²) in [5, 5.41) is 0.575. The van der Waals surface area contributed by atoms with Crippen LogP contribution in [-0.2, 0) is 4.74 Å². The summed E-state index contributed by atoms with van der Waals surface area (Å²) in [7, 11) is 0. The van der Waals surface area contributed by atoms with Gasteiger partial charge in [-0.25, -0.2) is 4.79 Å². The van der Waals surface area contributed by atoms with E-state index in [4.69, 9.17) is 16.3 Å². The Morgan fingerprint density at radius 1 is 1.19 bits per heavy atom. The van der Waals surface area contributed by atoms with Crippen molar-refractivity contribution in [2.45, 2.75) is 20.8 Å². The molecule has 0 amide bonds. The van der Waals surface area contributed by atoms with Crippen molar-refractivity contribution in [3.05, 3.63) is 40.4 Å². The highest BCUT2D eigenvalue weighted by Crippen LogP contribution is 2.40. The van der Waals surface area contributed by atoms with Crippen LogP contribution in [-0.4, -0.2) is 5.97 Å². The maximum Gasteiger partial charge on any atom is 0.344 e. The Kier molecular flexibility index (Phi) is 2.55. The van der Waals surface area contributed by atoms with Gasteiger partial charge in [-0.15, -0.1) is 0 Å². The van der Waals surface area contributed by atoms with Crippen LogP contribution in [0, 0.1) is 5.41 Å². The topological polar surface area (TPSA) is 26.3 Å². The van der Waals surface area contributed by atoms with Crippen LogP contribution in [0.4, 0.5) is 0 Å². The lowest BCUT2D eigenvalue weighted by molar-refractivity contribution is 0.0714. The fraction of sp³-hybridized carbons (Fsp3) is 0.308. The van der Waals surface area contributed by atoms with E-state index >= 15 is 0 Å². The van der Waals surface area contributed by atoms with Crippen molar-refractivity contribution < 1.29 is 9.53 Å². The fourth-order valence-electron chi connectivity index (χ4n) is 1.57. The molecule has 0 radical (unpaired) electrons. The Hall–Kier alpha value is -1.28. The number of esters is 1. The summed E-state index contributed by atoms with van der Waals surface area (Å²) in [6, 6.07) is 7.28. The van der Waals surface area contributed by atoms with Crippen molar-refractivity contribution >= 4 is 23.3 Å². The van der Waals surface area contributed by atoms with E-state index in [1.54, 1.807) is 6.07 Å². The molecular formula is C13H13ClO2. The lowest BCUT2D eigenvalue weighted by Crippen LogP contribution is -2.07. The summed E-state index contributed by atoms with van der Waals surface area (Å²) in [6.45, 7) is 5.95. The lowest BCUT2D eigenvalue weighted by atomic mass is 9.93. The van der Waals surface area contributed by atoms with E-state index in [1.807, 2.05) is 39.0 Å². The zero-order valence-corrected chi connectivity index (χ0v) is 10.3. The molecule has 3 heteroatoms. The summed E-state index contributed by atoms with van der Waals surface area (Å²) >= 11 is 6.26. The zero-order chi connectivity index (χ0) is 11.9.